The Kier molecular flexibility index (Phi) is 5.44. The van der Waals surface area contributed by atoms with E-state index in [1.807, 2.05) is 49.5 Å². The maximum absolute atomic E-state index is 14.4. The van der Waals surface area contributed by atoms with Gasteiger partial charge in [-0.25, -0.2) is 13.6 Å². The monoisotopic (exact) mass is 489 g/mol. The molecule has 1 N–H and O–H groups in total. The van der Waals surface area contributed by atoms with Crippen LogP contribution in [0.25, 0.3) is 5.00 Å². The van der Waals surface area contributed by atoms with Gasteiger partial charge >= 0.3 is 6.03 Å². The highest BCUT2D eigenvalue weighted by Gasteiger charge is 2.36. The third-order valence-electron chi connectivity index (χ3n) is 7.03. The molecule has 1 atom stereocenters. The summed E-state index contributed by atoms with van der Waals surface area (Å²) >= 11 is 1.78. The van der Waals surface area contributed by atoms with E-state index in [4.69, 9.17) is 0 Å². The molecule has 2 aliphatic rings. The van der Waals surface area contributed by atoms with E-state index >= 15 is 0 Å². The molecule has 0 radical (unpaired) electrons. The van der Waals surface area contributed by atoms with Crippen molar-refractivity contribution in [2.75, 3.05) is 5.32 Å². The number of amides is 2. The topological polar surface area (TPSA) is 37.3 Å². The van der Waals surface area contributed by atoms with Gasteiger partial charge in [0.1, 0.15) is 22.7 Å². The van der Waals surface area contributed by atoms with Gasteiger partial charge < -0.3 is 14.8 Å². The van der Waals surface area contributed by atoms with Gasteiger partial charge in [0.05, 0.1) is 12.2 Å². The van der Waals surface area contributed by atoms with Crippen LogP contribution in [0.1, 0.15) is 51.7 Å². The molecule has 6 rings (SSSR count). The van der Waals surface area contributed by atoms with Gasteiger partial charge in [-0.3, -0.25) is 0 Å². The van der Waals surface area contributed by atoms with Gasteiger partial charge in [0.15, 0.2) is 0 Å². The molecule has 35 heavy (non-hydrogen) atoms. The number of rotatable bonds is 2. The van der Waals surface area contributed by atoms with Crippen LogP contribution in [0.15, 0.2) is 60.8 Å². The average molecular weight is 490 g/mol. The normalized spacial score (nSPS) is 16.8. The minimum absolute atomic E-state index is 0.301. The lowest BCUT2D eigenvalue weighted by Gasteiger charge is -2.31. The number of hydrogen-bond acceptors (Lipinski definition) is 2. The number of aromatic nitrogens is 1. The lowest BCUT2D eigenvalue weighted by atomic mass is 9.95. The number of halogens is 2. The molecule has 3 heterocycles. The van der Waals surface area contributed by atoms with Gasteiger partial charge in [0.2, 0.25) is 0 Å². The predicted octanol–water partition coefficient (Wildman–Crippen LogP) is 7.14. The van der Waals surface area contributed by atoms with E-state index < -0.39 is 17.7 Å². The smallest absolute Gasteiger partial charge is 0.310 e. The van der Waals surface area contributed by atoms with Gasteiger partial charge in [-0.05, 0) is 79.6 Å². The van der Waals surface area contributed by atoms with Crippen LogP contribution < -0.4 is 5.32 Å². The Morgan fingerprint density at radius 1 is 1.00 bits per heavy atom. The van der Waals surface area contributed by atoms with E-state index in [9.17, 15) is 13.6 Å². The minimum atomic E-state index is -0.659. The first-order valence-electron chi connectivity index (χ1n) is 11.9. The minimum Gasteiger partial charge on any atom is -0.310 e. The molecule has 0 saturated heterocycles. The standard InChI is InChI=1S/C28H25F2N3OS/c1-17-7-2-4-9-23(17)31-28(34)33-16-22-21-8-3-5-11-25(21)35-27(22)32-12-6-10-24(32)26(33)18-13-19(29)15-20(30)14-18/h2,4,6-7,9-10,12-15,26H,3,5,8,11,16H2,1H3,(H,31,34). The fraction of sp³-hybridized carbons (Fsp3) is 0.250. The van der Waals surface area contributed by atoms with Crippen molar-refractivity contribution in [1.82, 2.24) is 9.47 Å². The van der Waals surface area contributed by atoms with E-state index in [2.05, 4.69) is 9.88 Å². The van der Waals surface area contributed by atoms with Crippen LogP contribution in [0.3, 0.4) is 0 Å². The van der Waals surface area contributed by atoms with Crippen LogP contribution >= 0.6 is 11.3 Å². The quantitative estimate of drug-likeness (QED) is 0.319. The van der Waals surface area contributed by atoms with Crippen molar-refractivity contribution < 1.29 is 13.6 Å². The Bertz CT molecular complexity index is 1420. The number of carbonyl (C=O) groups is 1. The van der Waals surface area contributed by atoms with Crippen LogP contribution in [0.4, 0.5) is 19.3 Å². The van der Waals surface area contributed by atoms with Gasteiger partial charge in [0.25, 0.3) is 0 Å². The Morgan fingerprint density at radius 3 is 2.57 bits per heavy atom. The molecular weight excluding hydrogens is 464 g/mol. The summed E-state index contributed by atoms with van der Waals surface area (Å²) in [5.74, 6) is -1.32. The Labute approximate surface area is 206 Å². The maximum Gasteiger partial charge on any atom is 0.322 e. The predicted molar refractivity (Wildman–Crippen MR) is 134 cm³/mol. The van der Waals surface area contributed by atoms with Gasteiger partial charge in [-0.2, -0.15) is 0 Å². The van der Waals surface area contributed by atoms with Gasteiger partial charge in [-0.15, -0.1) is 11.3 Å². The molecule has 2 amide bonds. The second-order valence-corrected chi connectivity index (χ2v) is 10.4. The molecule has 178 valence electrons. The van der Waals surface area contributed by atoms with Crippen molar-refractivity contribution in [3.05, 3.63) is 105 Å². The fourth-order valence-corrected chi connectivity index (χ4v) is 6.77. The second-order valence-electron chi connectivity index (χ2n) is 9.28. The SMILES string of the molecule is Cc1ccccc1NC(=O)N1Cc2c(sc3c2CCCC3)-n2cccc2C1c1cc(F)cc(F)c1. The van der Waals surface area contributed by atoms with Crippen molar-refractivity contribution in [2.24, 2.45) is 0 Å². The number of para-hydroxylation sites is 1. The van der Waals surface area contributed by atoms with E-state index in [-0.39, 0.29) is 6.03 Å². The number of nitrogens with zero attached hydrogens (tertiary/aromatic N) is 2. The maximum atomic E-state index is 14.4. The molecule has 0 saturated carbocycles. The molecule has 0 fully saturated rings. The summed E-state index contributed by atoms with van der Waals surface area (Å²) in [6, 6.07) is 14.0. The molecule has 4 nitrogen and oxygen atoms in total. The summed E-state index contributed by atoms with van der Waals surface area (Å²) in [5, 5.41) is 4.16. The van der Waals surface area contributed by atoms with E-state index in [1.165, 1.54) is 29.0 Å². The van der Waals surface area contributed by atoms with Crippen LogP contribution in [-0.4, -0.2) is 15.5 Å². The van der Waals surface area contributed by atoms with Crippen LogP contribution in [-0.2, 0) is 19.4 Å². The largest absolute Gasteiger partial charge is 0.322 e. The first-order valence-corrected chi connectivity index (χ1v) is 12.7. The van der Waals surface area contributed by atoms with E-state index in [0.29, 0.717) is 17.8 Å². The zero-order chi connectivity index (χ0) is 24.1. The highest BCUT2D eigenvalue weighted by atomic mass is 32.1. The highest BCUT2D eigenvalue weighted by molar-refractivity contribution is 7.15. The molecular formula is C28H25F2N3OS. The zero-order valence-corrected chi connectivity index (χ0v) is 20.2. The molecule has 2 aromatic carbocycles. The van der Waals surface area contributed by atoms with Crippen molar-refractivity contribution in [1.29, 1.82) is 0 Å². The van der Waals surface area contributed by atoms with Gasteiger partial charge in [-0.1, -0.05) is 18.2 Å². The average Bonchev–Trinajstić information content (AvgIpc) is 3.41. The number of aryl methyl sites for hydroxylation is 2. The lowest BCUT2D eigenvalue weighted by Crippen LogP contribution is -2.38. The fourth-order valence-electron chi connectivity index (χ4n) is 5.37. The highest BCUT2D eigenvalue weighted by Crippen LogP contribution is 2.44. The number of fused-ring (bicyclic) bond motifs is 5. The number of thiophene rings is 1. The Hall–Kier alpha value is -3.45. The van der Waals surface area contributed by atoms with Crippen molar-refractivity contribution >= 4 is 23.1 Å². The molecule has 0 bridgehead atoms. The van der Waals surface area contributed by atoms with Crippen LogP contribution in [0.5, 0.6) is 0 Å². The third kappa shape index (κ3) is 3.84. The molecule has 1 aliphatic carbocycles. The number of urea groups is 1. The second kappa shape index (κ2) is 8.64. The van der Waals surface area contributed by atoms with Crippen LogP contribution in [0.2, 0.25) is 0 Å². The van der Waals surface area contributed by atoms with Crippen molar-refractivity contribution in [2.45, 2.75) is 45.2 Å². The number of carbonyl (C=O) groups excluding carboxylic acids is 1. The summed E-state index contributed by atoms with van der Waals surface area (Å²) in [5.41, 5.74) is 5.35. The molecule has 0 spiro atoms. The Balaban J connectivity index is 1.53. The molecule has 1 unspecified atom stereocenters. The Morgan fingerprint density at radius 2 is 1.77 bits per heavy atom. The summed E-state index contributed by atoms with van der Waals surface area (Å²) in [6.07, 6.45) is 6.33. The summed E-state index contributed by atoms with van der Waals surface area (Å²) < 4.78 is 30.9. The lowest BCUT2D eigenvalue weighted by molar-refractivity contribution is 0.194. The van der Waals surface area contributed by atoms with E-state index in [1.54, 1.807) is 16.2 Å². The first-order chi connectivity index (χ1) is 17.0. The van der Waals surface area contributed by atoms with Gasteiger partial charge in [0, 0.05) is 28.4 Å². The summed E-state index contributed by atoms with van der Waals surface area (Å²) in [6.45, 7) is 2.30. The van der Waals surface area contributed by atoms with Crippen LogP contribution in [0, 0.1) is 18.6 Å². The number of benzene rings is 2. The number of anilines is 1. The zero-order valence-electron chi connectivity index (χ0n) is 19.4. The van der Waals surface area contributed by atoms with Crippen molar-refractivity contribution in [3.63, 3.8) is 0 Å². The summed E-state index contributed by atoms with van der Waals surface area (Å²) in [4.78, 5) is 17.0. The number of nitrogens with one attached hydrogen (secondary N) is 1. The molecule has 1 aliphatic heterocycles. The molecule has 7 heteroatoms. The molecule has 4 aromatic rings. The first kappa shape index (κ1) is 22.0. The molecule has 2 aromatic heterocycles. The van der Waals surface area contributed by atoms with Crippen molar-refractivity contribution in [3.8, 4) is 5.00 Å². The van der Waals surface area contributed by atoms with E-state index in [0.717, 1.165) is 47.2 Å². The third-order valence-corrected chi connectivity index (χ3v) is 8.36. The summed E-state index contributed by atoms with van der Waals surface area (Å²) in [7, 11) is 0. The number of hydrogen-bond donors (Lipinski definition) is 1.